The van der Waals surface area contributed by atoms with Gasteiger partial charge in [-0.1, -0.05) is 41.9 Å². The van der Waals surface area contributed by atoms with E-state index < -0.39 is 19.9 Å². The van der Waals surface area contributed by atoms with Crippen LogP contribution in [0.2, 0.25) is 5.02 Å². The molecule has 2 aliphatic rings. The van der Waals surface area contributed by atoms with Crippen LogP contribution in [-0.4, -0.2) is 82.5 Å². The van der Waals surface area contributed by atoms with Gasteiger partial charge in [-0.15, -0.1) is 0 Å². The van der Waals surface area contributed by atoms with Crippen LogP contribution in [0.4, 0.5) is 0 Å². The Morgan fingerprint density at radius 3 is 2.00 bits per heavy atom. The molecule has 0 aromatic heterocycles. The minimum atomic E-state index is -3.59. The van der Waals surface area contributed by atoms with Crippen molar-refractivity contribution in [2.24, 2.45) is 0 Å². The zero-order valence-corrected chi connectivity index (χ0v) is 21.1. The van der Waals surface area contributed by atoms with Crippen LogP contribution in [-0.2, 0) is 26.4 Å². The summed E-state index contributed by atoms with van der Waals surface area (Å²) >= 11 is 6.13. The number of likely N-dealkylation sites (tertiary alicyclic amines) is 1. The number of piperazine rings is 1. The van der Waals surface area contributed by atoms with Crippen molar-refractivity contribution in [3.8, 4) is 0 Å². The second-order valence-corrected chi connectivity index (χ2v) is 13.1. The number of benzene rings is 2. The third-order valence-electron chi connectivity index (χ3n) is 6.57. The van der Waals surface area contributed by atoms with Gasteiger partial charge in [-0.05, 0) is 49.7 Å². The van der Waals surface area contributed by atoms with E-state index in [-0.39, 0.29) is 9.92 Å². The van der Waals surface area contributed by atoms with E-state index in [2.05, 4.69) is 9.80 Å². The van der Waals surface area contributed by atoms with Crippen LogP contribution < -0.4 is 0 Å². The summed E-state index contributed by atoms with van der Waals surface area (Å²) in [6.45, 7) is 4.71. The lowest BCUT2D eigenvalue weighted by atomic mass is 10.0. The van der Waals surface area contributed by atoms with Gasteiger partial charge in [0, 0.05) is 45.0 Å². The molecule has 2 heterocycles. The number of sulfonamides is 1. The molecule has 2 aromatic rings. The fourth-order valence-electron chi connectivity index (χ4n) is 4.78. The van der Waals surface area contributed by atoms with E-state index in [0.717, 1.165) is 31.5 Å². The van der Waals surface area contributed by atoms with Crippen LogP contribution in [0.25, 0.3) is 0 Å². The van der Waals surface area contributed by atoms with Crippen molar-refractivity contribution in [2.45, 2.75) is 35.2 Å². The lowest BCUT2D eigenvalue weighted by Crippen LogP contribution is -2.54. The number of hydrogen-bond acceptors (Lipinski definition) is 6. The Balaban J connectivity index is 1.31. The first kappa shape index (κ1) is 24.6. The Hall–Kier alpha value is -1.49. The summed E-state index contributed by atoms with van der Waals surface area (Å²) in [4.78, 5) is 5.27. The minimum Gasteiger partial charge on any atom is -0.299 e. The van der Waals surface area contributed by atoms with Gasteiger partial charge < -0.3 is 0 Å². The average molecular weight is 512 g/mol. The Morgan fingerprint density at radius 2 is 1.39 bits per heavy atom. The molecule has 7 nitrogen and oxygen atoms in total. The van der Waals surface area contributed by atoms with Crippen molar-refractivity contribution in [1.82, 2.24) is 14.1 Å². The van der Waals surface area contributed by atoms with Gasteiger partial charge in [-0.25, -0.2) is 16.8 Å². The quantitative estimate of drug-likeness (QED) is 0.593. The molecule has 2 aromatic carbocycles. The Labute approximate surface area is 201 Å². The molecule has 2 fully saturated rings. The SMILES string of the molecule is CS(=O)(=O)c1ccccc1CN1CCC(N2CCN(S(=O)(=O)c3ccccc3Cl)CC2)CC1. The molecule has 0 saturated carbocycles. The molecule has 0 aliphatic carbocycles. The molecule has 2 aliphatic heterocycles. The highest BCUT2D eigenvalue weighted by Crippen LogP contribution is 2.27. The van der Waals surface area contributed by atoms with Gasteiger partial charge in [0.25, 0.3) is 0 Å². The topological polar surface area (TPSA) is 78.0 Å². The largest absolute Gasteiger partial charge is 0.299 e. The van der Waals surface area contributed by atoms with E-state index >= 15 is 0 Å². The number of sulfone groups is 1. The molecule has 0 radical (unpaired) electrons. The molecular formula is C23H30ClN3O4S2. The van der Waals surface area contributed by atoms with E-state index in [4.69, 9.17) is 11.6 Å². The highest BCUT2D eigenvalue weighted by molar-refractivity contribution is 7.90. The smallest absolute Gasteiger partial charge is 0.244 e. The summed E-state index contributed by atoms with van der Waals surface area (Å²) < 4.78 is 51.6. The van der Waals surface area contributed by atoms with Crippen LogP contribution in [0.1, 0.15) is 18.4 Å². The summed E-state index contributed by atoms with van der Waals surface area (Å²) in [5.74, 6) is 0. The van der Waals surface area contributed by atoms with Crippen LogP contribution in [0.5, 0.6) is 0 Å². The van der Waals surface area contributed by atoms with Gasteiger partial charge in [-0.2, -0.15) is 4.31 Å². The molecule has 4 rings (SSSR count). The molecule has 33 heavy (non-hydrogen) atoms. The molecule has 0 bridgehead atoms. The fraction of sp³-hybridized carbons (Fsp3) is 0.478. The third-order valence-corrected chi connectivity index (χ3v) is 10.2. The molecule has 0 amide bonds. The third kappa shape index (κ3) is 5.61. The molecule has 10 heteroatoms. The maximum atomic E-state index is 13.0. The number of halogens is 1. The summed E-state index contributed by atoms with van der Waals surface area (Å²) in [6, 6.07) is 14.2. The first-order valence-corrected chi connectivity index (χ1v) is 14.9. The number of rotatable bonds is 6. The van der Waals surface area contributed by atoms with Crippen LogP contribution in [0, 0.1) is 0 Å². The first-order valence-electron chi connectivity index (χ1n) is 11.2. The van der Waals surface area contributed by atoms with Gasteiger partial charge in [0.1, 0.15) is 4.90 Å². The zero-order valence-electron chi connectivity index (χ0n) is 18.7. The average Bonchev–Trinajstić information content (AvgIpc) is 2.79. The normalized spacial score (nSPS) is 20.2. The minimum absolute atomic E-state index is 0.169. The van der Waals surface area contributed by atoms with Crippen molar-refractivity contribution in [1.29, 1.82) is 0 Å². The van der Waals surface area contributed by atoms with Gasteiger partial charge in [-0.3, -0.25) is 9.80 Å². The summed E-state index contributed by atoms with van der Waals surface area (Å²) in [5, 5.41) is 0.254. The lowest BCUT2D eigenvalue weighted by Gasteiger charge is -2.42. The first-order chi connectivity index (χ1) is 15.7. The number of nitrogens with zero attached hydrogens (tertiary/aromatic N) is 3. The van der Waals surface area contributed by atoms with E-state index in [1.807, 2.05) is 12.1 Å². The van der Waals surface area contributed by atoms with Gasteiger partial charge in [0.2, 0.25) is 10.0 Å². The van der Waals surface area contributed by atoms with Crippen molar-refractivity contribution < 1.29 is 16.8 Å². The molecule has 0 spiro atoms. The highest BCUT2D eigenvalue weighted by atomic mass is 35.5. The van der Waals surface area contributed by atoms with E-state index in [1.54, 1.807) is 36.4 Å². The van der Waals surface area contributed by atoms with E-state index in [9.17, 15) is 16.8 Å². The van der Waals surface area contributed by atoms with Gasteiger partial charge >= 0.3 is 0 Å². The molecule has 0 atom stereocenters. The molecule has 0 N–H and O–H groups in total. The lowest BCUT2D eigenvalue weighted by molar-refractivity contribution is 0.0783. The number of piperidine rings is 1. The molecule has 0 unspecified atom stereocenters. The Bertz CT molecular complexity index is 1190. The van der Waals surface area contributed by atoms with Crippen LogP contribution >= 0.6 is 11.6 Å². The molecular weight excluding hydrogens is 482 g/mol. The predicted octanol–water partition coefficient (Wildman–Crippen LogP) is 2.71. The second kappa shape index (κ2) is 10.0. The number of hydrogen-bond donors (Lipinski definition) is 0. The molecule has 2 saturated heterocycles. The summed E-state index contributed by atoms with van der Waals surface area (Å²) in [6.07, 6.45) is 3.22. The van der Waals surface area contributed by atoms with Crippen molar-refractivity contribution in [3.05, 3.63) is 59.1 Å². The molecule has 180 valence electrons. The van der Waals surface area contributed by atoms with Gasteiger partial charge in [0.05, 0.1) is 9.92 Å². The van der Waals surface area contributed by atoms with Gasteiger partial charge in [0.15, 0.2) is 9.84 Å². The standard InChI is InChI=1S/C23H30ClN3O4S2/c1-32(28,29)22-8-4-2-6-19(22)18-25-12-10-20(11-13-25)26-14-16-27(17-15-26)33(30,31)23-9-5-3-7-21(23)24/h2-9,20H,10-18H2,1H3. The maximum Gasteiger partial charge on any atom is 0.244 e. The summed E-state index contributed by atoms with van der Waals surface area (Å²) in [7, 11) is -6.84. The predicted molar refractivity (Wildman–Crippen MR) is 130 cm³/mol. The highest BCUT2D eigenvalue weighted by Gasteiger charge is 2.33. The zero-order chi connectivity index (χ0) is 23.6. The van der Waals surface area contributed by atoms with Crippen LogP contribution in [0.3, 0.4) is 0 Å². The van der Waals surface area contributed by atoms with Crippen molar-refractivity contribution in [3.63, 3.8) is 0 Å². The summed E-state index contributed by atoms with van der Waals surface area (Å²) in [5.41, 5.74) is 0.844. The van der Waals surface area contributed by atoms with E-state index in [0.29, 0.717) is 43.7 Å². The Kier molecular flexibility index (Phi) is 7.47. The van der Waals surface area contributed by atoms with Crippen molar-refractivity contribution in [2.75, 3.05) is 45.5 Å². The second-order valence-electron chi connectivity index (χ2n) is 8.76. The maximum absolute atomic E-state index is 13.0. The van der Waals surface area contributed by atoms with E-state index in [1.165, 1.54) is 10.6 Å². The van der Waals surface area contributed by atoms with Crippen molar-refractivity contribution >= 4 is 31.5 Å². The van der Waals surface area contributed by atoms with Crippen LogP contribution in [0.15, 0.2) is 58.3 Å². The monoisotopic (exact) mass is 511 g/mol. The fourth-order valence-corrected chi connectivity index (χ4v) is 7.63. The Morgan fingerprint density at radius 1 is 0.818 bits per heavy atom.